The van der Waals surface area contributed by atoms with Crippen molar-refractivity contribution in [1.29, 1.82) is 0 Å². The van der Waals surface area contributed by atoms with Crippen LogP contribution in [0.2, 0.25) is 0 Å². The van der Waals surface area contributed by atoms with Gasteiger partial charge in [0.05, 0.1) is 0 Å². The van der Waals surface area contributed by atoms with Crippen LogP contribution < -0.4 is 5.32 Å². The van der Waals surface area contributed by atoms with Crippen molar-refractivity contribution in [3.05, 3.63) is 11.1 Å². The molecule has 0 aromatic rings. The normalized spacial score (nSPS) is 14.0. The van der Waals surface area contributed by atoms with Gasteiger partial charge in [-0.25, -0.2) is 4.79 Å². The molecular formula is C11H19NO3S. The van der Waals surface area contributed by atoms with Crippen molar-refractivity contribution in [1.82, 2.24) is 5.32 Å². The van der Waals surface area contributed by atoms with Crippen LogP contribution >= 0.6 is 11.8 Å². The highest BCUT2D eigenvalue weighted by molar-refractivity contribution is 7.98. The van der Waals surface area contributed by atoms with Crippen LogP contribution in [-0.2, 0) is 9.59 Å². The molecule has 0 saturated heterocycles. The minimum atomic E-state index is -1.05. The molecule has 0 aromatic carbocycles. The number of hydrogen-bond acceptors (Lipinski definition) is 3. The molecule has 0 aliphatic rings. The van der Waals surface area contributed by atoms with Gasteiger partial charge in [-0.2, -0.15) is 11.8 Å². The van der Waals surface area contributed by atoms with Gasteiger partial charge in [0.25, 0.3) is 0 Å². The van der Waals surface area contributed by atoms with Crippen molar-refractivity contribution in [2.45, 2.75) is 20.8 Å². The predicted octanol–water partition coefficient (Wildman–Crippen LogP) is 1.52. The molecule has 0 radical (unpaired) electrons. The second kappa shape index (κ2) is 7.33. The number of carbonyl (C=O) groups excluding carboxylic acids is 1. The molecule has 1 atom stereocenters. The third-order valence-electron chi connectivity index (χ3n) is 2.29. The summed E-state index contributed by atoms with van der Waals surface area (Å²) in [7, 11) is 0. The molecule has 16 heavy (non-hydrogen) atoms. The first-order valence-electron chi connectivity index (χ1n) is 5.08. The van der Waals surface area contributed by atoms with Gasteiger partial charge in [0.15, 0.2) is 0 Å². The molecule has 0 spiro atoms. The lowest BCUT2D eigenvalue weighted by Crippen LogP contribution is -2.30. The largest absolute Gasteiger partial charge is 0.478 e. The van der Waals surface area contributed by atoms with E-state index < -0.39 is 5.97 Å². The highest BCUT2D eigenvalue weighted by atomic mass is 32.2. The summed E-state index contributed by atoms with van der Waals surface area (Å²) in [5, 5.41) is 11.5. The first kappa shape index (κ1) is 15.0. The molecule has 4 nitrogen and oxygen atoms in total. The summed E-state index contributed by atoms with van der Waals surface area (Å²) < 4.78 is 0. The highest BCUT2D eigenvalue weighted by Gasteiger charge is 2.12. The maximum Gasteiger partial charge on any atom is 0.331 e. The lowest BCUT2D eigenvalue weighted by molar-refractivity contribution is -0.133. The van der Waals surface area contributed by atoms with Gasteiger partial charge in [-0.1, -0.05) is 6.92 Å². The van der Waals surface area contributed by atoms with Crippen LogP contribution in [0.3, 0.4) is 0 Å². The number of rotatable bonds is 6. The van der Waals surface area contributed by atoms with Crippen LogP contribution in [0.25, 0.3) is 0 Å². The third-order valence-corrected chi connectivity index (χ3v) is 3.19. The van der Waals surface area contributed by atoms with Crippen molar-refractivity contribution in [3.63, 3.8) is 0 Å². The number of aliphatic carboxylic acids is 1. The fraction of sp³-hybridized carbons (Fsp3) is 0.636. The average molecular weight is 245 g/mol. The van der Waals surface area contributed by atoms with E-state index in [4.69, 9.17) is 5.11 Å². The van der Waals surface area contributed by atoms with Crippen molar-refractivity contribution in [2.24, 2.45) is 5.92 Å². The zero-order valence-electron chi connectivity index (χ0n) is 10.2. The van der Waals surface area contributed by atoms with Gasteiger partial charge in [0.1, 0.15) is 0 Å². The van der Waals surface area contributed by atoms with Crippen molar-refractivity contribution in [3.8, 4) is 0 Å². The Bertz CT molecular complexity index is 300. The van der Waals surface area contributed by atoms with E-state index in [0.29, 0.717) is 12.5 Å². The minimum absolute atomic E-state index is 0.0926. The lowest BCUT2D eigenvalue weighted by atomic mass is 10.1. The fourth-order valence-corrected chi connectivity index (χ4v) is 1.76. The quantitative estimate of drug-likeness (QED) is 0.696. The molecule has 2 N–H and O–H groups in total. The Kier molecular flexibility index (Phi) is 6.88. The molecule has 5 heteroatoms. The number of carboxylic acids is 1. The molecule has 0 saturated carbocycles. The van der Waals surface area contributed by atoms with E-state index >= 15 is 0 Å². The molecule has 92 valence electrons. The molecule has 1 amide bonds. The van der Waals surface area contributed by atoms with E-state index in [1.54, 1.807) is 11.8 Å². The molecular weight excluding hydrogens is 226 g/mol. The molecule has 0 aliphatic heterocycles. The first-order valence-corrected chi connectivity index (χ1v) is 6.47. The van der Waals surface area contributed by atoms with Crippen LogP contribution in [0, 0.1) is 5.92 Å². The summed E-state index contributed by atoms with van der Waals surface area (Å²) in [4.78, 5) is 22.2. The molecule has 0 fully saturated rings. The molecule has 0 heterocycles. The smallest absolute Gasteiger partial charge is 0.331 e. The molecule has 0 bridgehead atoms. The summed E-state index contributed by atoms with van der Waals surface area (Å²) in [5.41, 5.74) is 0.360. The van der Waals surface area contributed by atoms with Crippen LogP contribution in [0.1, 0.15) is 20.8 Å². The zero-order valence-corrected chi connectivity index (χ0v) is 11.0. The predicted molar refractivity (Wildman–Crippen MR) is 66.6 cm³/mol. The standard InChI is InChI=1S/C11H19NO3S/c1-7(6-16-4)5-12-10(13)8(2)9(3)11(14)15/h7H,5-6H2,1-4H3,(H,12,13)(H,14,15). The van der Waals surface area contributed by atoms with Crippen LogP contribution in [0.15, 0.2) is 11.1 Å². The molecule has 0 rings (SSSR count). The van der Waals surface area contributed by atoms with Gasteiger partial charge < -0.3 is 10.4 Å². The van der Waals surface area contributed by atoms with Crippen LogP contribution in [0.5, 0.6) is 0 Å². The number of hydrogen-bond donors (Lipinski definition) is 2. The maximum atomic E-state index is 11.6. The second-order valence-electron chi connectivity index (χ2n) is 3.83. The van der Waals surface area contributed by atoms with E-state index in [9.17, 15) is 9.59 Å². The van der Waals surface area contributed by atoms with Gasteiger partial charge >= 0.3 is 5.97 Å². The van der Waals surface area contributed by atoms with Crippen LogP contribution in [-0.4, -0.2) is 35.5 Å². The minimum Gasteiger partial charge on any atom is -0.478 e. The van der Waals surface area contributed by atoms with E-state index in [2.05, 4.69) is 5.32 Å². The van der Waals surface area contributed by atoms with Crippen molar-refractivity contribution in [2.75, 3.05) is 18.6 Å². The van der Waals surface area contributed by atoms with Crippen molar-refractivity contribution >= 4 is 23.6 Å². The topological polar surface area (TPSA) is 66.4 Å². The van der Waals surface area contributed by atoms with E-state index in [1.807, 2.05) is 13.2 Å². The van der Waals surface area contributed by atoms with Gasteiger partial charge in [-0.3, -0.25) is 4.79 Å². The molecule has 0 aromatic heterocycles. The van der Waals surface area contributed by atoms with E-state index in [0.717, 1.165) is 5.75 Å². The highest BCUT2D eigenvalue weighted by Crippen LogP contribution is 2.05. The zero-order chi connectivity index (χ0) is 12.7. The number of nitrogens with one attached hydrogen (secondary N) is 1. The monoisotopic (exact) mass is 245 g/mol. The fourth-order valence-electron chi connectivity index (χ4n) is 1.07. The van der Waals surface area contributed by atoms with E-state index in [1.165, 1.54) is 13.8 Å². The summed E-state index contributed by atoms with van der Waals surface area (Å²) in [6.07, 6.45) is 2.01. The Labute approximate surface area is 100 Å². The Morgan fingerprint density at radius 3 is 2.31 bits per heavy atom. The molecule has 0 aliphatic carbocycles. The molecule has 1 unspecified atom stereocenters. The van der Waals surface area contributed by atoms with Gasteiger partial charge in [0.2, 0.25) is 5.91 Å². The SMILES string of the molecule is CSCC(C)CNC(=O)C(C)=C(C)C(=O)O. The van der Waals surface area contributed by atoms with Gasteiger partial charge in [-0.05, 0) is 31.8 Å². The Morgan fingerprint density at radius 1 is 1.31 bits per heavy atom. The number of carbonyl (C=O) groups is 2. The first-order chi connectivity index (χ1) is 7.40. The number of thioether (sulfide) groups is 1. The average Bonchev–Trinajstić information content (AvgIpc) is 2.24. The van der Waals surface area contributed by atoms with Gasteiger partial charge in [0, 0.05) is 17.7 Å². The van der Waals surface area contributed by atoms with Gasteiger partial charge in [-0.15, -0.1) is 0 Å². The summed E-state index contributed by atoms with van der Waals surface area (Å²) in [6, 6.07) is 0. The Hall–Kier alpha value is -0.970. The van der Waals surface area contributed by atoms with E-state index in [-0.39, 0.29) is 17.1 Å². The second-order valence-corrected chi connectivity index (χ2v) is 4.74. The Morgan fingerprint density at radius 2 is 1.88 bits per heavy atom. The van der Waals surface area contributed by atoms with Crippen molar-refractivity contribution < 1.29 is 14.7 Å². The number of amides is 1. The number of carboxylic acid groups (broad SMARTS) is 1. The lowest BCUT2D eigenvalue weighted by Gasteiger charge is -2.11. The third kappa shape index (κ3) is 5.21. The maximum absolute atomic E-state index is 11.6. The summed E-state index contributed by atoms with van der Waals surface area (Å²) >= 11 is 1.72. The Balaban J connectivity index is 4.27. The summed E-state index contributed by atoms with van der Waals surface area (Å²) in [6.45, 7) is 5.57. The summed E-state index contributed by atoms with van der Waals surface area (Å²) in [5.74, 6) is 0.00979. The van der Waals surface area contributed by atoms with Crippen LogP contribution in [0.4, 0.5) is 0 Å².